The van der Waals surface area contributed by atoms with Crippen LogP contribution < -0.4 is 10.6 Å². The van der Waals surface area contributed by atoms with Crippen LogP contribution in [-0.2, 0) is 9.53 Å². The number of amides is 2. The zero-order valence-corrected chi connectivity index (χ0v) is 7.79. The van der Waals surface area contributed by atoms with Gasteiger partial charge in [-0.2, -0.15) is 0 Å². The van der Waals surface area contributed by atoms with E-state index >= 15 is 0 Å². The molecule has 1 rings (SSSR count). The lowest BCUT2D eigenvalue weighted by molar-refractivity contribution is -0.118. The molecule has 1 fully saturated rings. The van der Waals surface area contributed by atoms with E-state index < -0.39 is 6.04 Å². The maximum Gasteiger partial charge on any atom is 0.315 e. The lowest BCUT2D eigenvalue weighted by atomic mass is 10.2. The first kappa shape index (κ1) is 9.98. The van der Waals surface area contributed by atoms with Crippen molar-refractivity contribution in [2.75, 3.05) is 13.2 Å². The zero-order valence-electron chi connectivity index (χ0n) is 7.79. The van der Waals surface area contributed by atoms with Crippen LogP contribution in [-0.4, -0.2) is 37.1 Å². The van der Waals surface area contributed by atoms with Crippen LogP contribution in [0.25, 0.3) is 0 Å². The molecule has 2 amide bonds. The molecule has 0 bridgehead atoms. The molecule has 13 heavy (non-hydrogen) atoms. The Morgan fingerprint density at radius 3 is 2.46 bits per heavy atom. The van der Waals surface area contributed by atoms with Gasteiger partial charge in [0.05, 0.1) is 25.3 Å². The van der Waals surface area contributed by atoms with Gasteiger partial charge in [-0.15, -0.1) is 0 Å². The van der Waals surface area contributed by atoms with Gasteiger partial charge in [0.1, 0.15) is 0 Å². The molecule has 0 radical (unpaired) electrons. The summed E-state index contributed by atoms with van der Waals surface area (Å²) >= 11 is 0. The molecule has 1 saturated heterocycles. The molecule has 5 nitrogen and oxygen atoms in total. The molecule has 1 unspecified atom stereocenters. The smallest absolute Gasteiger partial charge is 0.315 e. The number of ketones is 1. The molecule has 0 aromatic heterocycles. The highest BCUT2D eigenvalue weighted by molar-refractivity contribution is 5.86. The molecule has 0 aromatic rings. The first-order chi connectivity index (χ1) is 6.09. The van der Waals surface area contributed by atoms with Gasteiger partial charge in [-0.1, -0.05) is 0 Å². The molecule has 1 aliphatic heterocycles. The van der Waals surface area contributed by atoms with Gasteiger partial charge in [0.25, 0.3) is 0 Å². The maximum atomic E-state index is 11.1. The Morgan fingerprint density at radius 2 is 2.08 bits per heavy atom. The van der Waals surface area contributed by atoms with Crippen LogP contribution in [0, 0.1) is 0 Å². The van der Waals surface area contributed by atoms with Gasteiger partial charge in [0.2, 0.25) is 0 Å². The number of hydrogen-bond acceptors (Lipinski definition) is 3. The molecular weight excluding hydrogens is 172 g/mol. The number of urea groups is 1. The van der Waals surface area contributed by atoms with E-state index in [9.17, 15) is 9.59 Å². The van der Waals surface area contributed by atoms with E-state index in [1.807, 2.05) is 0 Å². The number of rotatable bonds is 3. The van der Waals surface area contributed by atoms with Crippen molar-refractivity contribution in [3.8, 4) is 0 Å². The molecule has 1 aliphatic rings. The van der Waals surface area contributed by atoms with Crippen molar-refractivity contribution in [3.63, 3.8) is 0 Å². The van der Waals surface area contributed by atoms with Gasteiger partial charge in [-0.3, -0.25) is 4.79 Å². The average molecular weight is 186 g/mol. The minimum absolute atomic E-state index is 0.0555. The summed E-state index contributed by atoms with van der Waals surface area (Å²) in [5.41, 5.74) is 0. The number of ether oxygens (including phenoxy) is 1. The molecule has 0 aliphatic carbocycles. The van der Waals surface area contributed by atoms with Crippen molar-refractivity contribution in [2.45, 2.75) is 25.9 Å². The van der Waals surface area contributed by atoms with E-state index in [1.165, 1.54) is 6.92 Å². The number of hydrogen-bond donors (Lipinski definition) is 2. The van der Waals surface area contributed by atoms with Crippen LogP contribution in [0.15, 0.2) is 0 Å². The summed E-state index contributed by atoms with van der Waals surface area (Å²) in [6, 6.07) is -0.642. The number of nitrogens with one attached hydrogen (secondary N) is 2. The Kier molecular flexibility index (Phi) is 3.25. The van der Waals surface area contributed by atoms with Gasteiger partial charge < -0.3 is 15.4 Å². The third kappa shape index (κ3) is 3.02. The predicted octanol–water partition coefficient (Wildman–Crippen LogP) is -0.338. The molecule has 2 N–H and O–H groups in total. The Hall–Kier alpha value is -1.10. The van der Waals surface area contributed by atoms with E-state index in [0.29, 0.717) is 13.2 Å². The summed E-state index contributed by atoms with van der Waals surface area (Å²) in [6.45, 7) is 4.21. The van der Waals surface area contributed by atoms with E-state index in [4.69, 9.17) is 4.74 Å². The van der Waals surface area contributed by atoms with Crippen LogP contribution in [0.3, 0.4) is 0 Å². The highest BCUT2D eigenvalue weighted by atomic mass is 16.5. The molecule has 0 saturated carbocycles. The Bertz CT molecular complexity index is 213. The maximum absolute atomic E-state index is 11.1. The topological polar surface area (TPSA) is 67.4 Å². The van der Waals surface area contributed by atoms with E-state index in [-0.39, 0.29) is 17.9 Å². The Balaban J connectivity index is 2.19. The van der Waals surface area contributed by atoms with Gasteiger partial charge in [-0.25, -0.2) is 4.79 Å². The van der Waals surface area contributed by atoms with Gasteiger partial charge in [-0.05, 0) is 13.8 Å². The Morgan fingerprint density at radius 1 is 1.46 bits per heavy atom. The SMILES string of the molecule is CC(=O)C(C)NC(=O)NC1COC1. The van der Waals surface area contributed by atoms with Crippen LogP contribution in [0.5, 0.6) is 0 Å². The van der Waals surface area contributed by atoms with Crippen molar-refractivity contribution in [3.05, 3.63) is 0 Å². The lowest BCUT2D eigenvalue weighted by Gasteiger charge is -2.27. The summed E-state index contributed by atoms with van der Waals surface area (Å²) in [7, 11) is 0. The molecule has 0 aromatic carbocycles. The van der Waals surface area contributed by atoms with Crippen molar-refractivity contribution >= 4 is 11.8 Å². The van der Waals surface area contributed by atoms with Crippen LogP contribution in [0.4, 0.5) is 4.79 Å². The summed E-state index contributed by atoms with van der Waals surface area (Å²) in [5.74, 6) is -0.0555. The van der Waals surface area contributed by atoms with Crippen LogP contribution >= 0.6 is 0 Å². The fraction of sp³-hybridized carbons (Fsp3) is 0.750. The third-order valence-electron chi connectivity index (χ3n) is 1.93. The number of carbonyl (C=O) groups excluding carboxylic acids is 2. The van der Waals surface area contributed by atoms with Gasteiger partial charge >= 0.3 is 6.03 Å². The minimum atomic E-state index is -0.430. The third-order valence-corrected chi connectivity index (χ3v) is 1.93. The highest BCUT2D eigenvalue weighted by Gasteiger charge is 2.21. The summed E-state index contributed by atoms with van der Waals surface area (Å²) in [4.78, 5) is 21.9. The molecule has 1 heterocycles. The first-order valence-corrected chi connectivity index (χ1v) is 4.25. The standard InChI is InChI=1S/C8H14N2O3/c1-5(6(2)11)9-8(12)10-7-3-13-4-7/h5,7H,3-4H2,1-2H3,(H2,9,10,12). The summed E-state index contributed by atoms with van der Waals surface area (Å²) < 4.78 is 4.88. The van der Waals surface area contributed by atoms with Crippen molar-refractivity contribution < 1.29 is 14.3 Å². The molecule has 1 atom stereocenters. The van der Waals surface area contributed by atoms with Crippen LogP contribution in [0.2, 0.25) is 0 Å². The van der Waals surface area contributed by atoms with E-state index in [2.05, 4.69) is 10.6 Å². The second kappa shape index (κ2) is 4.23. The Labute approximate surface area is 76.8 Å². The second-order valence-corrected chi connectivity index (χ2v) is 3.18. The molecule has 74 valence electrons. The van der Waals surface area contributed by atoms with E-state index in [1.54, 1.807) is 6.92 Å². The minimum Gasteiger partial charge on any atom is -0.377 e. The fourth-order valence-corrected chi connectivity index (χ4v) is 0.844. The molecule has 5 heteroatoms. The van der Waals surface area contributed by atoms with E-state index in [0.717, 1.165) is 0 Å². The van der Waals surface area contributed by atoms with Crippen molar-refractivity contribution in [2.24, 2.45) is 0 Å². The largest absolute Gasteiger partial charge is 0.377 e. The summed E-state index contributed by atoms with van der Waals surface area (Å²) in [6.07, 6.45) is 0. The number of Topliss-reactive ketones (excluding diaryl/α,β-unsaturated/α-hetero) is 1. The quantitative estimate of drug-likeness (QED) is 0.633. The molecular formula is C8H14N2O3. The van der Waals surface area contributed by atoms with Gasteiger partial charge in [0.15, 0.2) is 5.78 Å². The van der Waals surface area contributed by atoms with Crippen LogP contribution in [0.1, 0.15) is 13.8 Å². The van der Waals surface area contributed by atoms with Crippen molar-refractivity contribution in [1.29, 1.82) is 0 Å². The highest BCUT2D eigenvalue weighted by Crippen LogP contribution is 1.98. The van der Waals surface area contributed by atoms with Gasteiger partial charge in [0, 0.05) is 0 Å². The first-order valence-electron chi connectivity index (χ1n) is 4.25. The predicted molar refractivity (Wildman–Crippen MR) is 46.4 cm³/mol. The fourth-order valence-electron chi connectivity index (χ4n) is 0.844. The zero-order chi connectivity index (χ0) is 9.84. The molecule has 0 spiro atoms. The monoisotopic (exact) mass is 186 g/mol. The summed E-state index contributed by atoms with van der Waals surface area (Å²) in [5, 5.41) is 5.20. The average Bonchev–Trinajstić information content (AvgIpc) is 1.96. The number of carbonyl (C=O) groups is 2. The van der Waals surface area contributed by atoms with Crippen molar-refractivity contribution in [1.82, 2.24) is 10.6 Å². The lowest BCUT2D eigenvalue weighted by Crippen LogP contribution is -2.54. The normalized spacial score (nSPS) is 18.6. The second-order valence-electron chi connectivity index (χ2n) is 3.18.